The lowest BCUT2D eigenvalue weighted by Gasteiger charge is -2.02. The fourth-order valence-electron chi connectivity index (χ4n) is 1.77. The summed E-state index contributed by atoms with van der Waals surface area (Å²) in [5.74, 6) is 0. The molecule has 0 saturated heterocycles. The first-order chi connectivity index (χ1) is 7.93. The van der Waals surface area contributed by atoms with E-state index in [1.165, 1.54) is 5.39 Å². The highest BCUT2D eigenvalue weighted by atomic mass is 14.7. The SMILES string of the molecule is [c]1ccccc1-c1ccc2ccccc2n1. The summed E-state index contributed by atoms with van der Waals surface area (Å²) in [5, 5.41) is 1.17. The van der Waals surface area contributed by atoms with E-state index in [0.717, 1.165) is 16.8 Å². The molecule has 1 heteroatoms. The van der Waals surface area contributed by atoms with Gasteiger partial charge in [-0.2, -0.15) is 0 Å². The molecule has 0 bridgehead atoms. The van der Waals surface area contributed by atoms with Crippen molar-refractivity contribution in [1.82, 2.24) is 4.98 Å². The molecule has 0 atom stereocenters. The van der Waals surface area contributed by atoms with Gasteiger partial charge in [0.25, 0.3) is 0 Å². The Bertz CT molecular complexity index is 614. The Morgan fingerprint density at radius 1 is 0.812 bits per heavy atom. The highest BCUT2D eigenvalue weighted by Crippen LogP contribution is 2.19. The minimum absolute atomic E-state index is 0.972. The molecule has 0 aliphatic heterocycles. The van der Waals surface area contributed by atoms with Gasteiger partial charge in [-0.3, -0.25) is 0 Å². The standard InChI is InChI=1S/C15H10N/c1-2-6-12(7-3-1)15-11-10-13-8-4-5-9-14(13)16-15/h1-6,8-11H. The second kappa shape index (κ2) is 3.78. The van der Waals surface area contributed by atoms with Crippen molar-refractivity contribution in [3.05, 3.63) is 66.7 Å². The van der Waals surface area contributed by atoms with Crippen LogP contribution in [0.15, 0.2) is 60.7 Å². The lowest BCUT2D eigenvalue weighted by atomic mass is 10.1. The van der Waals surface area contributed by atoms with Crippen molar-refractivity contribution in [2.75, 3.05) is 0 Å². The van der Waals surface area contributed by atoms with Crippen molar-refractivity contribution in [3.8, 4) is 11.3 Å². The van der Waals surface area contributed by atoms with Crippen LogP contribution in [0, 0.1) is 6.07 Å². The summed E-state index contributed by atoms with van der Waals surface area (Å²) in [6, 6.07) is 23.4. The van der Waals surface area contributed by atoms with Gasteiger partial charge < -0.3 is 0 Å². The molecule has 0 spiro atoms. The molecule has 3 rings (SSSR count). The lowest BCUT2D eigenvalue weighted by molar-refractivity contribution is 1.40. The van der Waals surface area contributed by atoms with Crippen LogP contribution < -0.4 is 0 Å². The van der Waals surface area contributed by atoms with E-state index in [9.17, 15) is 0 Å². The third-order valence-electron chi connectivity index (χ3n) is 2.58. The summed E-state index contributed by atoms with van der Waals surface area (Å²) in [5.41, 5.74) is 3.03. The van der Waals surface area contributed by atoms with Gasteiger partial charge in [0.1, 0.15) is 0 Å². The van der Waals surface area contributed by atoms with E-state index in [4.69, 9.17) is 0 Å². The number of benzene rings is 2. The Kier molecular flexibility index (Phi) is 2.15. The molecule has 3 aromatic rings. The van der Waals surface area contributed by atoms with Gasteiger partial charge >= 0.3 is 0 Å². The number of nitrogens with zero attached hydrogens (tertiary/aromatic N) is 1. The van der Waals surface area contributed by atoms with Gasteiger partial charge in [0.2, 0.25) is 0 Å². The minimum atomic E-state index is 0.972. The molecule has 0 aliphatic rings. The molecule has 0 N–H and O–H groups in total. The van der Waals surface area contributed by atoms with E-state index in [1.54, 1.807) is 0 Å². The molecule has 1 radical (unpaired) electrons. The zero-order valence-electron chi connectivity index (χ0n) is 8.72. The summed E-state index contributed by atoms with van der Waals surface area (Å²) >= 11 is 0. The summed E-state index contributed by atoms with van der Waals surface area (Å²) in [4.78, 5) is 4.61. The highest BCUT2D eigenvalue weighted by Gasteiger charge is 1.99. The van der Waals surface area contributed by atoms with E-state index < -0.39 is 0 Å². The van der Waals surface area contributed by atoms with Crippen LogP contribution >= 0.6 is 0 Å². The Hall–Kier alpha value is -2.15. The Morgan fingerprint density at radius 3 is 2.56 bits per heavy atom. The topological polar surface area (TPSA) is 12.9 Å². The molecule has 1 nitrogen and oxygen atoms in total. The molecule has 0 saturated carbocycles. The van der Waals surface area contributed by atoms with Crippen LogP contribution in [0.2, 0.25) is 0 Å². The zero-order valence-corrected chi connectivity index (χ0v) is 8.72. The lowest BCUT2D eigenvalue weighted by Crippen LogP contribution is -1.84. The monoisotopic (exact) mass is 204 g/mol. The number of aromatic nitrogens is 1. The summed E-state index contributed by atoms with van der Waals surface area (Å²) < 4.78 is 0. The molecule has 1 heterocycles. The van der Waals surface area contributed by atoms with Crippen molar-refractivity contribution in [2.45, 2.75) is 0 Å². The second-order valence-corrected chi connectivity index (χ2v) is 3.67. The maximum absolute atomic E-state index is 4.61. The third kappa shape index (κ3) is 1.57. The second-order valence-electron chi connectivity index (χ2n) is 3.67. The first kappa shape index (κ1) is 9.10. The number of rotatable bonds is 1. The van der Waals surface area contributed by atoms with Gasteiger partial charge in [-0.25, -0.2) is 4.98 Å². The molecule has 1 aromatic heterocycles. The first-order valence-electron chi connectivity index (χ1n) is 5.26. The smallest absolute Gasteiger partial charge is 0.0715 e. The Balaban J connectivity index is 2.19. The summed E-state index contributed by atoms with van der Waals surface area (Å²) in [6.07, 6.45) is 0. The number of hydrogen-bond acceptors (Lipinski definition) is 1. The van der Waals surface area contributed by atoms with Gasteiger partial charge in [0, 0.05) is 10.9 Å². The van der Waals surface area contributed by atoms with Gasteiger partial charge in [-0.05, 0) is 18.2 Å². The molecule has 16 heavy (non-hydrogen) atoms. The highest BCUT2D eigenvalue weighted by molar-refractivity contribution is 5.81. The van der Waals surface area contributed by atoms with Crippen molar-refractivity contribution in [1.29, 1.82) is 0 Å². The first-order valence-corrected chi connectivity index (χ1v) is 5.26. The molecule has 0 aliphatic carbocycles. The van der Waals surface area contributed by atoms with Crippen molar-refractivity contribution >= 4 is 10.9 Å². The molecule has 0 fully saturated rings. The van der Waals surface area contributed by atoms with Gasteiger partial charge in [-0.15, -0.1) is 0 Å². The molecular weight excluding hydrogens is 194 g/mol. The molecule has 75 valence electrons. The number of pyridine rings is 1. The van der Waals surface area contributed by atoms with Crippen LogP contribution in [-0.4, -0.2) is 4.98 Å². The van der Waals surface area contributed by atoms with Crippen LogP contribution in [0.3, 0.4) is 0 Å². The fourth-order valence-corrected chi connectivity index (χ4v) is 1.77. The number of hydrogen-bond donors (Lipinski definition) is 0. The number of para-hydroxylation sites is 1. The summed E-state index contributed by atoms with van der Waals surface area (Å²) in [6.45, 7) is 0. The normalized spacial score (nSPS) is 10.5. The van der Waals surface area contributed by atoms with Crippen LogP contribution in [0.25, 0.3) is 22.2 Å². The summed E-state index contributed by atoms with van der Waals surface area (Å²) in [7, 11) is 0. The van der Waals surface area contributed by atoms with Crippen molar-refractivity contribution in [2.24, 2.45) is 0 Å². The quantitative estimate of drug-likeness (QED) is 0.589. The maximum atomic E-state index is 4.61. The largest absolute Gasteiger partial charge is 0.248 e. The average molecular weight is 204 g/mol. The van der Waals surface area contributed by atoms with Crippen LogP contribution in [-0.2, 0) is 0 Å². The molecule has 0 amide bonds. The van der Waals surface area contributed by atoms with E-state index in [-0.39, 0.29) is 0 Å². The average Bonchev–Trinajstić information content (AvgIpc) is 2.39. The Labute approximate surface area is 94.4 Å². The predicted molar refractivity (Wildman–Crippen MR) is 66.0 cm³/mol. The Morgan fingerprint density at radius 2 is 1.69 bits per heavy atom. The third-order valence-corrected chi connectivity index (χ3v) is 2.58. The molecule has 0 unspecified atom stereocenters. The van der Waals surface area contributed by atoms with Crippen molar-refractivity contribution in [3.63, 3.8) is 0 Å². The molecule has 2 aromatic carbocycles. The van der Waals surface area contributed by atoms with Crippen molar-refractivity contribution < 1.29 is 0 Å². The predicted octanol–water partition coefficient (Wildman–Crippen LogP) is 3.70. The van der Waals surface area contributed by atoms with Gasteiger partial charge in [0.15, 0.2) is 0 Å². The maximum Gasteiger partial charge on any atom is 0.0715 e. The minimum Gasteiger partial charge on any atom is -0.248 e. The van der Waals surface area contributed by atoms with Gasteiger partial charge in [0.05, 0.1) is 11.2 Å². The van der Waals surface area contributed by atoms with Crippen LogP contribution in [0.5, 0.6) is 0 Å². The number of fused-ring (bicyclic) bond motifs is 1. The van der Waals surface area contributed by atoms with Gasteiger partial charge in [-0.1, -0.05) is 48.5 Å². The zero-order chi connectivity index (χ0) is 10.8. The van der Waals surface area contributed by atoms with E-state index in [0.29, 0.717) is 0 Å². The van der Waals surface area contributed by atoms with E-state index in [1.807, 2.05) is 48.5 Å². The van der Waals surface area contributed by atoms with E-state index >= 15 is 0 Å². The van der Waals surface area contributed by atoms with Crippen LogP contribution in [0.4, 0.5) is 0 Å². The van der Waals surface area contributed by atoms with Crippen LogP contribution in [0.1, 0.15) is 0 Å². The molecular formula is C15H10N. The fraction of sp³-hybridized carbons (Fsp3) is 0. The van der Waals surface area contributed by atoms with E-state index in [2.05, 4.69) is 23.2 Å².